The van der Waals surface area contributed by atoms with Crippen molar-refractivity contribution in [3.8, 4) is 0 Å². The Balaban J connectivity index is 1.53. The summed E-state index contributed by atoms with van der Waals surface area (Å²) in [6, 6.07) is 16.4. The molecule has 0 aliphatic rings. The molecule has 0 radical (unpaired) electrons. The van der Waals surface area contributed by atoms with Crippen LogP contribution in [0.4, 0.5) is 5.69 Å². The zero-order valence-corrected chi connectivity index (χ0v) is 17.1. The number of hydrogen-bond acceptors (Lipinski definition) is 5. The van der Waals surface area contributed by atoms with E-state index >= 15 is 0 Å². The van der Waals surface area contributed by atoms with Crippen LogP contribution in [0.5, 0.6) is 0 Å². The van der Waals surface area contributed by atoms with E-state index in [1.54, 1.807) is 11.3 Å². The molecule has 1 heterocycles. The van der Waals surface area contributed by atoms with Gasteiger partial charge in [0.2, 0.25) is 5.91 Å². The number of likely N-dealkylation sites (N-methyl/N-ethyl adjacent to an activating group) is 1. The lowest BCUT2D eigenvalue weighted by Gasteiger charge is -2.22. The first-order valence-electron chi connectivity index (χ1n) is 9.02. The van der Waals surface area contributed by atoms with Crippen LogP contribution in [0.1, 0.15) is 23.5 Å². The van der Waals surface area contributed by atoms with Crippen molar-refractivity contribution in [2.75, 3.05) is 32.6 Å². The number of nitrogens with one attached hydrogen (secondary N) is 1. The maximum atomic E-state index is 12.3. The molecule has 0 aliphatic heterocycles. The van der Waals surface area contributed by atoms with Crippen LogP contribution in [0.25, 0.3) is 10.2 Å². The van der Waals surface area contributed by atoms with E-state index in [4.69, 9.17) is 4.98 Å². The van der Waals surface area contributed by atoms with Crippen molar-refractivity contribution >= 4 is 33.1 Å². The largest absolute Gasteiger partial charge is 0.378 e. The molecule has 1 amide bonds. The van der Waals surface area contributed by atoms with Gasteiger partial charge in [0.1, 0.15) is 5.01 Å². The van der Waals surface area contributed by atoms with E-state index in [0.29, 0.717) is 13.1 Å². The van der Waals surface area contributed by atoms with Gasteiger partial charge in [-0.3, -0.25) is 9.69 Å². The summed E-state index contributed by atoms with van der Waals surface area (Å²) in [6.45, 7) is 2.97. The lowest BCUT2D eigenvalue weighted by molar-refractivity contribution is -0.122. The number of rotatable bonds is 7. The van der Waals surface area contributed by atoms with Crippen LogP contribution in [0, 0.1) is 0 Å². The Kier molecular flexibility index (Phi) is 6.08. The summed E-state index contributed by atoms with van der Waals surface area (Å²) in [4.78, 5) is 21.1. The van der Waals surface area contributed by atoms with E-state index in [9.17, 15) is 4.79 Å². The van der Waals surface area contributed by atoms with Crippen LogP contribution in [0.2, 0.25) is 0 Å². The summed E-state index contributed by atoms with van der Waals surface area (Å²) in [5, 5.41) is 4.03. The lowest BCUT2D eigenvalue weighted by atomic mass is 10.2. The van der Waals surface area contributed by atoms with Crippen LogP contribution < -0.4 is 10.2 Å². The predicted molar refractivity (Wildman–Crippen MR) is 113 cm³/mol. The molecule has 1 N–H and O–H groups in total. The predicted octanol–water partition coefficient (Wildman–Crippen LogP) is 3.67. The van der Waals surface area contributed by atoms with Crippen LogP contribution >= 0.6 is 11.3 Å². The van der Waals surface area contributed by atoms with Crippen molar-refractivity contribution in [1.29, 1.82) is 0 Å². The van der Waals surface area contributed by atoms with E-state index in [2.05, 4.69) is 35.3 Å². The van der Waals surface area contributed by atoms with Crippen molar-refractivity contribution in [1.82, 2.24) is 15.2 Å². The second-order valence-electron chi connectivity index (χ2n) is 6.95. The van der Waals surface area contributed by atoms with Gasteiger partial charge in [-0.05, 0) is 43.8 Å². The summed E-state index contributed by atoms with van der Waals surface area (Å²) in [5.74, 6) is 0.0159. The molecule has 6 heteroatoms. The smallest absolute Gasteiger partial charge is 0.234 e. The Hall–Kier alpha value is -2.44. The molecule has 2 aromatic carbocycles. The zero-order chi connectivity index (χ0) is 19.4. The number of para-hydroxylation sites is 1. The molecule has 27 heavy (non-hydrogen) atoms. The maximum absolute atomic E-state index is 12.3. The van der Waals surface area contributed by atoms with Crippen molar-refractivity contribution in [3.05, 3.63) is 59.1 Å². The summed E-state index contributed by atoms with van der Waals surface area (Å²) in [5.41, 5.74) is 3.26. The number of thiazole rings is 1. The molecular formula is C21H26N4OS. The van der Waals surface area contributed by atoms with Gasteiger partial charge in [0.15, 0.2) is 0 Å². The highest BCUT2D eigenvalue weighted by Gasteiger charge is 2.18. The van der Waals surface area contributed by atoms with E-state index in [-0.39, 0.29) is 11.9 Å². The van der Waals surface area contributed by atoms with Gasteiger partial charge < -0.3 is 10.2 Å². The van der Waals surface area contributed by atoms with Gasteiger partial charge >= 0.3 is 0 Å². The number of carbonyl (C=O) groups excluding carboxylic acids is 1. The number of benzene rings is 2. The number of anilines is 1. The van der Waals surface area contributed by atoms with E-state index in [1.807, 2.05) is 56.4 Å². The average molecular weight is 383 g/mol. The molecule has 142 valence electrons. The van der Waals surface area contributed by atoms with Crippen molar-refractivity contribution < 1.29 is 4.79 Å². The SMILES string of the molecule is C[C@H](c1nc2ccccc2s1)N(C)CC(=O)NCc1ccc(N(C)C)cc1. The number of fused-ring (bicyclic) bond motifs is 1. The molecular weight excluding hydrogens is 356 g/mol. The lowest BCUT2D eigenvalue weighted by Crippen LogP contribution is -2.36. The molecule has 0 spiro atoms. The second-order valence-corrected chi connectivity index (χ2v) is 8.01. The number of aromatic nitrogens is 1. The third kappa shape index (κ3) is 4.84. The fraction of sp³-hybridized carbons (Fsp3) is 0.333. The van der Waals surface area contributed by atoms with Crippen molar-refractivity contribution in [2.24, 2.45) is 0 Å². The molecule has 0 saturated carbocycles. The first kappa shape index (κ1) is 19.3. The number of hydrogen-bond donors (Lipinski definition) is 1. The van der Waals surface area contributed by atoms with Gasteiger partial charge in [-0.15, -0.1) is 11.3 Å². The Bertz CT molecular complexity index is 871. The molecule has 0 fully saturated rings. The van der Waals surface area contributed by atoms with Crippen LogP contribution in [0.3, 0.4) is 0 Å². The third-order valence-electron chi connectivity index (χ3n) is 4.66. The fourth-order valence-electron chi connectivity index (χ4n) is 2.79. The Morgan fingerprint density at radius 2 is 1.81 bits per heavy atom. The average Bonchev–Trinajstić information content (AvgIpc) is 3.10. The molecule has 3 rings (SSSR count). The minimum atomic E-state index is 0.0159. The van der Waals surface area contributed by atoms with Crippen molar-refractivity contribution in [3.63, 3.8) is 0 Å². The quantitative estimate of drug-likeness (QED) is 0.677. The van der Waals surface area contributed by atoms with Gasteiger partial charge in [0.25, 0.3) is 0 Å². The van der Waals surface area contributed by atoms with E-state index < -0.39 is 0 Å². The standard InChI is InChI=1S/C21H26N4OS/c1-15(21-23-18-7-5-6-8-19(18)27-21)25(4)14-20(26)22-13-16-9-11-17(12-10-16)24(2)3/h5-12,15H,13-14H2,1-4H3,(H,22,26)/t15-/m1/s1. The summed E-state index contributed by atoms with van der Waals surface area (Å²) in [7, 11) is 5.99. The Morgan fingerprint density at radius 3 is 2.48 bits per heavy atom. The number of amides is 1. The summed E-state index contributed by atoms with van der Waals surface area (Å²) >= 11 is 1.69. The molecule has 1 atom stereocenters. The molecule has 3 aromatic rings. The minimum Gasteiger partial charge on any atom is -0.378 e. The minimum absolute atomic E-state index is 0.0159. The van der Waals surface area contributed by atoms with Crippen LogP contribution in [-0.2, 0) is 11.3 Å². The monoisotopic (exact) mass is 382 g/mol. The van der Waals surface area contributed by atoms with E-state index in [1.165, 1.54) is 4.70 Å². The Morgan fingerprint density at radius 1 is 1.11 bits per heavy atom. The van der Waals surface area contributed by atoms with Gasteiger partial charge in [0, 0.05) is 26.3 Å². The zero-order valence-electron chi connectivity index (χ0n) is 16.3. The molecule has 1 aromatic heterocycles. The third-order valence-corrected chi connectivity index (χ3v) is 5.87. The molecule has 0 aliphatic carbocycles. The second kappa shape index (κ2) is 8.50. The summed E-state index contributed by atoms with van der Waals surface area (Å²) in [6.07, 6.45) is 0. The van der Waals surface area contributed by atoms with Gasteiger partial charge in [-0.2, -0.15) is 0 Å². The van der Waals surface area contributed by atoms with E-state index in [0.717, 1.165) is 21.8 Å². The molecule has 5 nitrogen and oxygen atoms in total. The topological polar surface area (TPSA) is 48.5 Å². The molecule has 0 unspecified atom stereocenters. The molecule has 0 saturated heterocycles. The molecule has 0 bridgehead atoms. The number of nitrogens with zero attached hydrogens (tertiary/aromatic N) is 3. The highest BCUT2D eigenvalue weighted by atomic mass is 32.1. The summed E-state index contributed by atoms with van der Waals surface area (Å²) < 4.78 is 1.18. The normalized spacial score (nSPS) is 12.3. The Labute approximate surface area is 164 Å². The van der Waals surface area contributed by atoms with Crippen molar-refractivity contribution in [2.45, 2.75) is 19.5 Å². The van der Waals surface area contributed by atoms with Crippen LogP contribution in [-0.4, -0.2) is 43.5 Å². The first-order valence-corrected chi connectivity index (χ1v) is 9.84. The van der Waals surface area contributed by atoms with Gasteiger partial charge in [-0.25, -0.2) is 4.98 Å². The van der Waals surface area contributed by atoms with Crippen LogP contribution in [0.15, 0.2) is 48.5 Å². The first-order chi connectivity index (χ1) is 12.9. The highest BCUT2D eigenvalue weighted by molar-refractivity contribution is 7.18. The van der Waals surface area contributed by atoms with Gasteiger partial charge in [-0.1, -0.05) is 24.3 Å². The number of carbonyl (C=O) groups is 1. The maximum Gasteiger partial charge on any atom is 0.234 e. The highest BCUT2D eigenvalue weighted by Crippen LogP contribution is 2.28. The van der Waals surface area contributed by atoms with Gasteiger partial charge in [0.05, 0.1) is 22.8 Å². The fourth-order valence-corrected chi connectivity index (χ4v) is 3.87.